The summed E-state index contributed by atoms with van der Waals surface area (Å²) in [6, 6.07) is 11.5. The molecular formula is C31H31FN8O3. The molecule has 4 heterocycles. The summed E-state index contributed by atoms with van der Waals surface area (Å²) in [5, 5.41) is 23.0. The standard InChI is InChI=1S/C31H31FN8O3/c1-2-38-20-34-14-25(38)16-39-29-12-22(31(41)42)5-6-28(29)36-30(39)18-37-9-7-24(8-10-37)40-17-26(15-35-40)43-19-23-4-3-21(13-33)11-27(23)32/h3-6,11-12,14-15,17,20,24H,2,7-10,16,18-19H2,1H3,(H,41,42). The first kappa shape index (κ1) is 28.1. The van der Waals surface area contributed by atoms with Crippen LogP contribution in [0.3, 0.4) is 0 Å². The molecular weight excluding hydrogens is 551 g/mol. The number of rotatable bonds is 10. The first-order chi connectivity index (χ1) is 20.9. The number of carboxylic acids is 1. The smallest absolute Gasteiger partial charge is 0.335 e. The van der Waals surface area contributed by atoms with Crippen LogP contribution in [0.4, 0.5) is 4.39 Å². The molecule has 2 aromatic carbocycles. The van der Waals surface area contributed by atoms with Crippen LogP contribution in [0.25, 0.3) is 11.0 Å². The van der Waals surface area contributed by atoms with Crippen molar-refractivity contribution in [1.29, 1.82) is 5.26 Å². The number of aromatic carboxylic acids is 1. The number of carbonyl (C=O) groups is 1. The lowest BCUT2D eigenvalue weighted by molar-refractivity contribution is 0.0697. The van der Waals surface area contributed by atoms with Gasteiger partial charge >= 0.3 is 5.97 Å². The zero-order valence-corrected chi connectivity index (χ0v) is 23.7. The number of aryl methyl sites for hydroxylation is 1. The van der Waals surface area contributed by atoms with E-state index in [1.165, 1.54) is 6.07 Å². The second kappa shape index (κ2) is 12.1. The molecule has 0 unspecified atom stereocenters. The highest BCUT2D eigenvalue weighted by Crippen LogP contribution is 2.27. The van der Waals surface area contributed by atoms with Gasteiger partial charge in [-0.3, -0.25) is 9.58 Å². The van der Waals surface area contributed by atoms with Crippen LogP contribution in [0.15, 0.2) is 61.3 Å². The molecule has 43 heavy (non-hydrogen) atoms. The number of halogens is 1. The van der Waals surface area contributed by atoms with Crippen LogP contribution >= 0.6 is 0 Å². The lowest BCUT2D eigenvalue weighted by atomic mass is 10.1. The summed E-state index contributed by atoms with van der Waals surface area (Å²) in [4.78, 5) is 23.3. The van der Waals surface area contributed by atoms with Gasteiger partial charge in [0.2, 0.25) is 0 Å². The molecule has 1 N–H and O–H groups in total. The van der Waals surface area contributed by atoms with Crippen LogP contribution in [-0.4, -0.2) is 57.9 Å². The molecule has 0 saturated carbocycles. The van der Waals surface area contributed by atoms with E-state index >= 15 is 0 Å². The summed E-state index contributed by atoms with van der Waals surface area (Å²) in [7, 11) is 0. The Hall–Kier alpha value is -5.02. The molecule has 0 radical (unpaired) electrons. The predicted octanol–water partition coefficient (Wildman–Crippen LogP) is 4.62. The summed E-state index contributed by atoms with van der Waals surface area (Å²) in [5.74, 6) is 0.00717. The highest BCUT2D eigenvalue weighted by atomic mass is 19.1. The second-order valence-corrected chi connectivity index (χ2v) is 10.7. The maximum atomic E-state index is 14.2. The minimum Gasteiger partial charge on any atom is -0.486 e. The number of aromatic nitrogens is 6. The van der Waals surface area contributed by atoms with Crippen molar-refractivity contribution in [1.82, 2.24) is 33.8 Å². The van der Waals surface area contributed by atoms with Gasteiger partial charge in [0.1, 0.15) is 18.2 Å². The number of hydrogen-bond acceptors (Lipinski definition) is 7. The molecule has 1 saturated heterocycles. The highest BCUT2D eigenvalue weighted by Gasteiger charge is 2.24. The summed E-state index contributed by atoms with van der Waals surface area (Å²) >= 11 is 0. The van der Waals surface area contributed by atoms with E-state index in [1.807, 2.05) is 23.1 Å². The van der Waals surface area contributed by atoms with Crippen LogP contribution in [0.1, 0.15) is 58.8 Å². The van der Waals surface area contributed by atoms with E-state index in [2.05, 4.69) is 31.0 Å². The topological polar surface area (TPSA) is 127 Å². The SMILES string of the molecule is CCn1cncc1Cn1c(CN2CCC(n3cc(OCc4ccc(C#N)cc4F)cn3)CC2)nc2ccc(C(=O)O)cc21. The minimum atomic E-state index is -0.967. The van der Waals surface area contributed by atoms with Crippen LogP contribution in [-0.2, 0) is 26.2 Å². The molecule has 0 atom stereocenters. The average molecular weight is 583 g/mol. The third-order valence-electron chi connectivity index (χ3n) is 7.98. The van der Waals surface area contributed by atoms with Gasteiger partial charge < -0.3 is 19.0 Å². The predicted molar refractivity (Wildman–Crippen MR) is 155 cm³/mol. The Kier molecular flexibility index (Phi) is 7.89. The number of ether oxygens (including phenoxy) is 1. The summed E-state index contributed by atoms with van der Waals surface area (Å²) in [6.45, 7) is 5.76. The molecule has 6 rings (SSSR count). The van der Waals surface area contributed by atoms with Gasteiger partial charge in [-0.15, -0.1) is 0 Å². The normalized spacial score (nSPS) is 14.3. The van der Waals surface area contributed by atoms with Crippen molar-refractivity contribution in [2.24, 2.45) is 0 Å². The van der Waals surface area contributed by atoms with E-state index in [4.69, 9.17) is 15.0 Å². The third-order valence-corrected chi connectivity index (χ3v) is 7.98. The van der Waals surface area contributed by atoms with Gasteiger partial charge in [-0.2, -0.15) is 10.4 Å². The molecule has 3 aromatic heterocycles. The molecule has 0 bridgehead atoms. The fraction of sp³-hybridized carbons (Fsp3) is 0.323. The van der Waals surface area contributed by atoms with E-state index in [0.717, 1.165) is 55.0 Å². The molecule has 0 amide bonds. The number of hydrogen-bond donors (Lipinski definition) is 1. The van der Waals surface area contributed by atoms with Crippen molar-refractivity contribution >= 4 is 17.0 Å². The van der Waals surface area contributed by atoms with Gasteiger partial charge in [-0.05, 0) is 50.1 Å². The molecule has 1 aliphatic heterocycles. The van der Waals surface area contributed by atoms with Crippen molar-refractivity contribution in [2.45, 2.75) is 52.0 Å². The Labute approximate surface area is 247 Å². The van der Waals surface area contributed by atoms with Crippen LogP contribution in [0, 0.1) is 17.1 Å². The van der Waals surface area contributed by atoms with Gasteiger partial charge in [-0.1, -0.05) is 6.07 Å². The maximum Gasteiger partial charge on any atom is 0.335 e. The van der Waals surface area contributed by atoms with Crippen molar-refractivity contribution < 1.29 is 19.0 Å². The highest BCUT2D eigenvalue weighted by molar-refractivity contribution is 5.92. The number of nitriles is 1. The van der Waals surface area contributed by atoms with Gasteiger partial charge in [-0.25, -0.2) is 19.2 Å². The molecule has 1 fully saturated rings. The van der Waals surface area contributed by atoms with Crippen molar-refractivity contribution in [3.63, 3.8) is 0 Å². The van der Waals surface area contributed by atoms with Gasteiger partial charge in [0.05, 0.1) is 71.8 Å². The first-order valence-electron chi connectivity index (χ1n) is 14.2. The van der Waals surface area contributed by atoms with Gasteiger partial charge in [0, 0.05) is 31.4 Å². The molecule has 0 spiro atoms. The summed E-state index contributed by atoms with van der Waals surface area (Å²) in [6.07, 6.45) is 8.91. The largest absolute Gasteiger partial charge is 0.486 e. The second-order valence-electron chi connectivity index (χ2n) is 10.7. The molecule has 220 valence electrons. The zero-order chi connectivity index (χ0) is 29.9. The van der Waals surface area contributed by atoms with Crippen LogP contribution in [0.2, 0.25) is 0 Å². The maximum absolute atomic E-state index is 14.2. The number of fused-ring (bicyclic) bond motifs is 1. The Bertz CT molecular complexity index is 1810. The van der Waals surface area contributed by atoms with Crippen molar-refractivity contribution in [3.8, 4) is 11.8 Å². The Balaban J connectivity index is 1.12. The molecule has 12 heteroatoms. The lowest BCUT2D eigenvalue weighted by Crippen LogP contribution is -2.35. The number of benzene rings is 2. The van der Waals surface area contributed by atoms with E-state index in [9.17, 15) is 14.3 Å². The van der Waals surface area contributed by atoms with Crippen LogP contribution < -0.4 is 4.74 Å². The third kappa shape index (κ3) is 5.98. The number of imidazole rings is 2. The number of likely N-dealkylation sites (tertiary alicyclic amines) is 1. The van der Waals surface area contributed by atoms with Gasteiger partial charge in [0.25, 0.3) is 0 Å². The summed E-state index contributed by atoms with van der Waals surface area (Å²) in [5.41, 5.74) is 3.47. The van der Waals surface area contributed by atoms with E-state index in [-0.39, 0.29) is 23.8 Å². The molecule has 0 aliphatic carbocycles. The van der Waals surface area contributed by atoms with Crippen LogP contribution in [0.5, 0.6) is 5.75 Å². The fourth-order valence-electron chi connectivity index (χ4n) is 5.56. The van der Waals surface area contributed by atoms with E-state index in [1.54, 1.807) is 42.9 Å². The van der Waals surface area contributed by atoms with E-state index < -0.39 is 11.8 Å². The Morgan fingerprint density at radius 2 is 2.00 bits per heavy atom. The lowest BCUT2D eigenvalue weighted by Gasteiger charge is -2.31. The Morgan fingerprint density at radius 1 is 1.16 bits per heavy atom. The monoisotopic (exact) mass is 582 g/mol. The van der Waals surface area contributed by atoms with Crippen molar-refractivity contribution in [2.75, 3.05) is 13.1 Å². The minimum absolute atomic E-state index is 0.0513. The fourth-order valence-corrected chi connectivity index (χ4v) is 5.56. The molecule has 5 aromatic rings. The molecule has 1 aliphatic rings. The first-order valence-corrected chi connectivity index (χ1v) is 14.2. The zero-order valence-electron chi connectivity index (χ0n) is 23.7. The quantitative estimate of drug-likeness (QED) is 0.253. The number of carboxylic acid groups (broad SMARTS) is 1. The summed E-state index contributed by atoms with van der Waals surface area (Å²) < 4.78 is 26.1. The van der Waals surface area contributed by atoms with Gasteiger partial charge in [0.15, 0.2) is 5.75 Å². The number of piperidine rings is 1. The average Bonchev–Trinajstić information content (AvgIpc) is 3.76. The molecule has 11 nitrogen and oxygen atoms in total. The number of nitrogens with zero attached hydrogens (tertiary/aromatic N) is 8. The van der Waals surface area contributed by atoms with E-state index in [0.29, 0.717) is 24.4 Å². The Morgan fingerprint density at radius 3 is 2.74 bits per heavy atom. The van der Waals surface area contributed by atoms with Crippen molar-refractivity contribution in [3.05, 3.63) is 95.3 Å².